The monoisotopic (exact) mass is 250 g/mol. The van der Waals surface area contributed by atoms with Gasteiger partial charge in [-0.1, -0.05) is 6.07 Å². The molecule has 1 saturated heterocycles. The van der Waals surface area contributed by atoms with Crippen LogP contribution in [-0.4, -0.2) is 32.9 Å². The Kier molecular flexibility index (Phi) is 4.09. The van der Waals surface area contributed by atoms with E-state index >= 15 is 0 Å². The molecular formula is C14H22N2O2. The first kappa shape index (κ1) is 13.2. The minimum absolute atomic E-state index is 0.0498. The normalized spacial score (nSPS) is 21.8. The summed E-state index contributed by atoms with van der Waals surface area (Å²) >= 11 is 0. The van der Waals surface area contributed by atoms with Crippen LogP contribution in [0.2, 0.25) is 0 Å². The Morgan fingerprint density at radius 3 is 2.89 bits per heavy atom. The quantitative estimate of drug-likeness (QED) is 0.890. The second-order valence-electron chi connectivity index (χ2n) is 4.80. The average molecular weight is 250 g/mol. The van der Waals surface area contributed by atoms with E-state index < -0.39 is 0 Å². The highest BCUT2D eigenvalue weighted by molar-refractivity contribution is 5.61. The molecule has 0 radical (unpaired) electrons. The van der Waals surface area contributed by atoms with Gasteiger partial charge in [-0.3, -0.25) is 0 Å². The summed E-state index contributed by atoms with van der Waals surface area (Å²) in [6.45, 7) is 6.58. The average Bonchev–Trinajstić information content (AvgIpc) is 2.38. The number of nitrogens with zero attached hydrogens (tertiary/aromatic N) is 1. The van der Waals surface area contributed by atoms with Crippen LogP contribution in [-0.2, 0) is 4.74 Å². The van der Waals surface area contributed by atoms with Crippen molar-refractivity contribution in [3.8, 4) is 5.75 Å². The van der Waals surface area contributed by atoms with Gasteiger partial charge in [0.2, 0.25) is 0 Å². The van der Waals surface area contributed by atoms with Crippen LogP contribution in [0, 0.1) is 0 Å². The standard InChI is InChI=1S/C14H22N2O2/c1-10-9-18-8-7-16(10)12-5-4-6-13(17-3)14(12)11(2)15/h4-6,10-11H,7-9,15H2,1-3H3/t10?,11-/m0/s1. The number of anilines is 1. The number of morpholine rings is 1. The largest absolute Gasteiger partial charge is 0.496 e. The zero-order valence-electron chi connectivity index (χ0n) is 11.3. The SMILES string of the molecule is COc1cccc(N2CCOCC2C)c1[C@H](C)N. The van der Waals surface area contributed by atoms with Gasteiger partial charge in [-0.15, -0.1) is 0 Å². The van der Waals surface area contributed by atoms with Crippen molar-refractivity contribution in [2.24, 2.45) is 5.73 Å². The molecule has 1 aromatic carbocycles. The molecule has 0 bridgehead atoms. The van der Waals surface area contributed by atoms with E-state index in [1.165, 1.54) is 5.69 Å². The lowest BCUT2D eigenvalue weighted by molar-refractivity contribution is 0.0988. The topological polar surface area (TPSA) is 47.7 Å². The number of rotatable bonds is 3. The summed E-state index contributed by atoms with van der Waals surface area (Å²) < 4.78 is 10.9. The zero-order valence-corrected chi connectivity index (χ0v) is 11.3. The van der Waals surface area contributed by atoms with E-state index in [2.05, 4.69) is 17.9 Å². The van der Waals surface area contributed by atoms with Crippen LogP contribution in [0.25, 0.3) is 0 Å². The lowest BCUT2D eigenvalue weighted by atomic mass is 10.0. The predicted octanol–water partition coefficient (Wildman–Crippen LogP) is 1.94. The van der Waals surface area contributed by atoms with Crippen LogP contribution >= 0.6 is 0 Å². The summed E-state index contributed by atoms with van der Waals surface area (Å²) in [5.74, 6) is 0.862. The van der Waals surface area contributed by atoms with Crippen molar-refractivity contribution in [3.63, 3.8) is 0 Å². The van der Waals surface area contributed by atoms with Crippen molar-refractivity contribution in [1.29, 1.82) is 0 Å². The van der Waals surface area contributed by atoms with Gasteiger partial charge in [0.05, 0.1) is 20.3 Å². The highest BCUT2D eigenvalue weighted by Crippen LogP contribution is 2.35. The van der Waals surface area contributed by atoms with E-state index in [9.17, 15) is 0 Å². The number of hydrogen-bond acceptors (Lipinski definition) is 4. The van der Waals surface area contributed by atoms with Gasteiger partial charge in [0.15, 0.2) is 0 Å². The Hall–Kier alpha value is -1.26. The third-order valence-corrected chi connectivity index (χ3v) is 3.40. The molecule has 1 aliphatic heterocycles. The summed E-state index contributed by atoms with van der Waals surface area (Å²) in [5, 5.41) is 0. The fourth-order valence-electron chi connectivity index (χ4n) is 2.50. The number of benzene rings is 1. The molecule has 1 unspecified atom stereocenters. The summed E-state index contributed by atoms with van der Waals surface area (Å²) in [6.07, 6.45) is 0. The van der Waals surface area contributed by atoms with E-state index in [0.29, 0.717) is 6.04 Å². The maximum Gasteiger partial charge on any atom is 0.125 e. The fraction of sp³-hybridized carbons (Fsp3) is 0.571. The Morgan fingerprint density at radius 1 is 1.50 bits per heavy atom. The third-order valence-electron chi connectivity index (χ3n) is 3.40. The van der Waals surface area contributed by atoms with E-state index in [1.807, 2.05) is 19.1 Å². The fourth-order valence-corrected chi connectivity index (χ4v) is 2.50. The minimum Gasteiger partial charge on any atom is -0.496 e. The minimum atomic E-state index is -0.0498. The first-order valence-corrected chi connectivity index (χ1v) is 6.42. The van der Waals surface area contributed by atoms with Crippen molar-refractivity contribution in [1.82, 2.24) is 0 Å². The van der Waals surface area contributed by atoms with Gasteiger partial charge in [-0.25, -0.2) is 0 Å². The molecule has 0 amide bonds. The van der Waals surface area contributed by atoms with Crippen molar-refractivity contribution < 1.29 is 9.47 Å². The van der Waals surface area contributed by atoms with Gasteiger partial charge >= 0.3 is 0 Å². The lowest BCUT2D eigenvalue weighted by Crippen LogP contribution is -2.44. The molecule has 0 saturated carbocycles. The Morgan fingerprint density at radius 2 is 2.28 bits per heavy atom. The maximum atomic E-state index is 6.11. The van der Waals surface area contributed by atoms with Crippen LogP contribution in [0.15, 0.2) is 18.2 Å². The summed E-state index contributed by atoms with van der Waals surface area (Å²) in [6, 6.07) is 6.41. The van der Waals surface area contributed by atoms with Crippen LogP contribution < -0.4 is 15.4 Å². The Labute approximate surface area is 109 Å². The Bertz CT molecular complexity index is 407. The second kappa shape index (κ2) is 5.59. The van der Waals surface area contributed by atoms with Gasteiger partial charge in [0.25, 0.3) is 0 Å². The molecule has 18 heavy (non-hydrogen) atoms. The zero-order chi connectivity index (χ0) is 13.1. The van der Waals surface area contributed by atoms with Crippen LogP contribution in [0.3, 0.4) is 0 Å². The highest BCUT2D eigenvalue weighted by atomic mass is 16.5. The van der Waals surface area contributed by atoms with Gasteiger partial charge in [-0.2, -0.15) is 0 Å². The van der Waals surface area contributed by atoms with Crippen molar-refractivity contribution in [2.45, 2.75) is 25.9 Å². The molecule has 100 valence electrons. The first-order valence-electron chi connectivity index (χ1n) is 6.42. The van der Waals surface area contributed by atoms with Crippen molar-refractivity contribution in [3.05, 3.63) is 23.8 Å². The highest BCUT2D eigenvalue weighted by Gasteiger charge is 2.24. The van der Waals surface area contributed by atoms with E-state index in [0.717, 1.165) is 31.1 Å². The molecule has 0 aromatic heterocycles. The summed E-state index contributed by atoms with van der Waals surface area (Å²) in [4.78, 5) is 2.35. The maximum absolute atomic E-state index is 6.11. The third kappa shape index (κ3) is 2.44. The number of ether oxygens (including phenoxy) is 2. The van der Waals surface area contributed by atoms with E-state index in [1.54, 1.807) is 7.11 Å². The molecule has 2 rings (SSSR count). The second-order valence-corrected chi connectivity index (χ2v) is 4.80. The smallest absolute Gasteiger partial charge is 0.125 e. The number of nitrogens with two attached hydrogens (primary N) is 1. The van der Waals surface area contributed by atoms with Gasteiger partial charge in [-0.05, 0) is 26.0 Å². The molecule has 0 spiro atoms. The van der Waals surface area contributed by atoms with Gasteiger partial charge in [0.1, 0.15) is 5.75 Å². The van der Waals surface area contributed by atoms with Crippen LogP contribution in [0.4, 0.5) is 5.69 Å². The molecule has 2 atom stereocenters. The van der Waals surface area contributed by atoms with Crippen molar-refractivity contribution >= 4 is 5.69 Å². The molecule has 0 aliphatic carbocycles. The lowest BCUT2D eigenvalue weighted by Gasteiger charge is -2.37. The summed E-state index contributed by atoms with van der Waals surface area (Å²) in [5.41, 5.74) is 8.35. The summed E-state index contributed by atoms with van der Waals surface area (Å²) in [7, 11) is 1.69. The molecule has 1 fully saturated rings. The van der Waals surface area contributed by atoms with E-state index in [4.69, 9.17) is 15.2 Å². The number of methoxy groups -OCH3 is 1. The molecular weight excluding hydrogens is 228 g/mol. The molecule has 1 aliphatic rings. The van der Waals surface area contributed by atoms with Gasteiger partial charge < -0.3 is 20.1 Å². The molecule has 2 N–H and O–H groups in total. The number of hydrogen-bond donors (Lipinski definition) is 1. The van der Waals surface area contributed by atoms with E-state index in [-0.39, 0.29) is 6.04 Å². The first-order chi connectivity index (χ1) is 8.65. The molecule has 4 nitrogen and oxygen atoms in total. The van der Waals surface area contributed by atoms with Crippen LogP contribution in [0.1, 0.15) is 25.5 Å². The van der Waals surface area contributed by atoms with Gasteiger partial charge in [0, 0.05) is 29.9 Å². The predicted molar refractivity (Wildman–Crippen MR) is 73.2 cm³/mol. The molecule has 1 heterocycles. The molecule has 4 heteroatoms. The van der Waals surface area contributed by atoms with Crippen molar-refractivity contribution in [2.75, 3.05) is 31.8 Å². The molecule has 1 aromatic rings. The Balaban J connectivity index is 2.42. The van der Waals surface area contributed by atoms with Crippen LogP contribution in [0.5, 0.6) is 5.75 Å².